The van der Waals surface area contributed by atoms with Crippen molar-refractivity contribution < 1.29 is 4.39 Å². The highest BCUT2D eigenvalue weighted by molar-refractivity contribution is 5.54. The zero-order valence-corrected chi connectivity index (χ0v) is 7.39. The van der Waals surface area contributed by atoms with Crippen molar-refractivity contribution in [2.45, 2.75) is 6.42 Å². The Kier molecular flexibility index (Phi) is 3.31. The van der Waals surface area contributed by atoms with Crippen molar-refractivity contribution in [1.82, 2.24) is 0 Å². The number of nitrogens with two attached hydrogens (primary N) is 1. The van der Waals surface area contributed by atoms with Crippen LogP contribution in [0.25, 0.3) is 0 Å². The number of nitrogen functional groups attached to an aromatic ring is 1. The predicted octanol–water partition coefficient (Wildman–Crippen LogP) is 2.40. The first kappa shape index (κ1) is 9.58. The van der Waals surface area contributed by atoms with Crippen molar-refractivity contribution in [3.63, 3.8) is 0 Å². The third kappa shape index (κ3) is 3.15. The fraction of sp³-hybridized carbons (Fsp3) is 0.200. The van der Waals surface area contributed by atoms with Gasteiger partial charge in [0.1, 0.15) is 5.82 Å². The molecule has 0 aliphatic rings. The second-order valence-electron chi connectivity index (χ2n) is 2.78. The van der Waals surface area contributed by atoms with Crippen LogP contribution in [0.3, 0.4) is 0 Å². The molecule has 1 aromatic rings. The summed E-state index contributed by atoms with van der Waals surface area (Å²) >= 11 is 0. The fourth-order valence-corrected chi connectivity index (χ4v) is 1.03. The Morgan fingerprint density at radius 1 is 1.46 bits per heavy atom. The first-order valence-electron chi connectivity index (χ1n) is 4.13. The standard InChI is InChI=1S/C10H13FN2/c1-2-3-4-13-10-6-8(11)5-9(12)7-10/h2,5-7,13H,1,3-4,12H2. The second-order valence-corrected chi connectivity index (χ2v) is 2.78. The lowest BCUT2D eigenvalue weighted by Crippen LogP contribution is -2.01. The molecule has 0 fully saturated rings. The van der Waals surface area contributed by atoms with Crippen LogP contribution in [0, 0.1) is 5.82 Å². The summed E-state index contributed by atoms with van der Waals surface area (Å²) in [6.45, 7) is 4.33. The highest BCUT2D eigenvalue weighted by Gasteiger charge is 1.96. The molecule has 2 nitrogen and oxygen atoms in total. The molecule has 70 valence electrons. The van der Waals surface area contributed by atoms with Gasteiger partial charge in [0.25, 0.3) is 0 Å². The quantitative estimate of drug-likeness (QED) is 0.424. The summed E-state index contributed by atoms with van der Waals surface area (Å²) in [5.74, 6) is -0.318. The van der Waals surface area contributed by atoms with Gasteiger partial charge in [-0.05, 0) is 24.6 Å². The zero-order chi connectivity index (χ0) is 9.68. The summed E-state index contributed by atoms with van der Waals surface area (Å²) in [5.41, 5.74) is 6.60. The van der Waals surface area contributed by atoms with Crippen molar-refractivity contribution >= 4 is 11.4 Å². The number of anilines is 2. The minimum atomic E-state index is -0.318. The number of hydrogen-bond donors (Lipinski definition) is 2. The first-order chi connectivity index (χ1) is 6.22. The van der Waals surface area contributed by atoms with Crippen LogP contribution in [0.4, 0.5) is 15.8 Å². The van der Waals surface area contributed by atoms with Gasteiger partial charge in [0.05, 0.1) is 0 Å². The maximum absolute atomic E-state index is 12.8. The van der Waals surface area contributed by atoms with Gasteiger partial charge in [0, 0.05) is 17.9 Å². The normalized spacial score (nSPS) is 9.62. The lowest BCUT2D eigenvalue weighted by atomic mass is 10.2. The molecule has 0 aliphatic carbocycles. The summed E-state index contributed by atoms with van der Waals surface area (Å²) < 4.78 is 12.8. The molecule has 0 aliphatic heterocycles. The maximum Gasteiger partial charge on any atom is 0.127 e. The van der Waals surface area contributed by atoms with Gasteiger partial charge in [-0.1, -0.05) is 6.08 Å². The maximum atomic E-state index is 12.8. The van der Waals surface area contributed by atoms with Crippen molar-refractivity contribution in [3.05, 3.63) is 36.7 Å². The number of hydrogen-bond acceptors (Lipinski definition) is 2. The average Bonchev–Trinajstić information content (AvgIpc) is 2.03. The molecule has 3 heteroatoms. The van der Waals surface area contributed by atoms with Crippen LogP contribution in [0.1, 0.15) is 6.42 Å². The van der Waals surface area contributed by atoms with Crippen molar-refractivity contribution in [1.29, 1.82) is 0 Å². The van der Waals surface area contributed by atoms with Crippen molar-refractivity contribution in [3.8, 4) is 0 Å². The number of nitrogens with one attached hydrogen (secondary N) is 1. The summed E-state index contributed by atoms with van der Waals surface area (Å²) in [6, 6.07) is 4.41. The summed E-state index contributed by atoms with van der Waals surface area (Å²) in [4.78, 5) is 0. The summed E-state index contributed by atoms with van der Waals surface area (Å²) in [5, 5.41) is 3.04. The smallest absolute Gasteiger partial charge is 0.127 e. The zero-order valence-electron chi connectivity index (χ0n) is 7.39. The third-order valence-corrected chi connectivity index (χ3v) is 1.60. The van der Waals surface area contributed by atoms with E-state index >= 15 is 0 Å². The SMILES string of the molecule is C=CCCNc1cc(N)cc(F)c1. The molecule has 0 amide bonds. The Balaban J connectivity index is 2.60. The Morgan fingerprint density at radius 3 is 2.85 bits per heavy atom. The van der Waals surface area contributed by atoms with E-state index < -0.39 is 0 Å². The van der Waals surface area contributed by atoms with Crippen LogP contribution in [0.5, 0.6) is 0 Å². The van der Waals surface area contributed by atoms with Gasteiger partial charge < -0.3 is 11.1 Å². The van der Waals surface area contributed by atoms with E-state index in [0.29, 0.717) is 11.4 Å². The summed E-state index contributed by atoms with van der Waals surface area (Å²) in [7, 11) is 0. The van der Waals surface area contributed by atoms with E-state index in [9.17, 15) is 4.39 Å². The van der Waals surface area contributed by atoms with Crippen LogP contribution < -0.4 is 11.1 Å². The first-order valence-corrected chi connectivity index (χ1v) is 4.13. The Hall–Kier alpha value is -1.51. The molecule has 13 heavy (non-hydrogen) atoms. The van der Waals surface area contributed by atoms with Gasteiger partial charge in [-0.25, -0.2) is 4.39 Å². The van der Waals surface area contributed by atoms with Crippen LogP contribution in [0.15, 0.2) is 30.9 Å². The molecular formula is C10H13FN2. The number of halogens is 1. The van der Waals surface area contributed by atoms with E-state index in [1.54, 1.807) is 12.1 Å². The average molecular weight is 180 g/mol. The highest BCUT2D eigenvalue weighted by Crippen LogP contribution is 2.15. The number of benzene rings is 1. The lowest BCUT2D eigenvalue weighted by Gasteiger charge is -2.05. The predicted molar refractivity (Wildman–Crippen MR) is 54.1 cm³/mol. The molecule has 0 bridgehead atoms. The van der Waals surface area contributed by atoms with Crippen LogP contribution in [-0.4, -0.2) is 6.54 Å². The van der Waals surface area contributed by atoms with Crippen LogP contribution >= 0.6 is 0 Å². The van der Waals surface area contributed by atoms with Gasteiger partial charge in [0.15, 0.2) is 0 Å². The van der Waals surface area contributed by atoms with E-state index in [4.69, 9.17) is 5.73 Å². The van der Waals surface area contributed by atoms with E-state index in [1.807, 2.05) is 0 Å². The molecule has 1 aromatic carbocycles. The third-order valence-electron chi connectivity index (χ3n) is 1.60. The Morgan fingerprint density at radius 2 is 2.23 bits per heavy atom. The van der Waals surface area contributed by atoms with Crippen LogP contribution in [0.2, 0.25) is 0 Å². The largest absolute Gasteiger partial charge is 0.399 e. The minimum absolute atomic E-state index is 0.318. The van der Waals surface area contributed by atoms with E-state index in [-0.39, 0.29) is 5.82 Å². The molecule has 0 heterocycles. The monoisotopic (exact) mass is 180 g/mol. The van der Waals surface area contributed by atoms with Gasteiger partial charge in [-0.15, -0.1) is 6.58 Å². The molecule has 0 saturated heterocycles. The van der Waals surface area contributed by atoms with Gasteiger partial charge in [-0.2, -0.15) is 0 Å². The van der Waals surface area contributed by atoms with E-state index in [1.165, 1.54) is 12.1 Å². The molecule has 0 saturated carbocycles. The molecule has 1 rings (SSSR count). The molecule has 0 aromatic heterocycles. The van der Waals surface area contributed by atoms with E-state index in [2.05, 4.69) is 11.9 Å². The van der Waals surface area contributed by atoms with E-state index in [0.717, 1.165) is 13.0 Å². The molecular weight excluding hydrogens is 167 g/mol. The molecule has 3 N–H and O–H groups in total. The molecule has 0 atom stereocenters. The van der Waals surface area contributed by atoms with Gasteiger partial charge >= 0.3 is 0 Å². The highest BCUT2D eigenvalue weighted by atomic mass is 19.1. The van der Waals surface area contributed by atoms with Gasteiger partial charge in [-0.3, -0.25) is 0 Å². The lowest BCUT2D eigenvalue weighted by molar-refractivity contribution is 0.629. The Bertz CT molecular complexity index is 277. The second kappa shape index (κ2) is 4.50. The Labute approximate surface area is 77.3 Å². The fourth-order valence-electron chi connectivity index (χ4n) is 1.03. The van der Waals surface area contributed by atoms with Crippen molar-refractivity contribution in [2.24, 2.45) is 0 Å². The van der Waals surface area contributed by atoms with Crippen molar-refractivity contribution in [2.75, 3.05) is 17.6 Å². The van der Waals surface area contributed by atoms with Crippen LogP contribution in [-0.2, 0) is 0 Å². The summed E-state index contributed by atoms with van der Waals surface area (Å²) in [6.07, 6.45) is 2.64. The molecule has 0 unspecified atom stereocenters. The minimum Gasteiger partial charge on any atom is -0.399 e. The van der Waals surface area contributed by atoms with Gasteiger partial charge in [0.2, 0.25) is 0 Å². The topological polar surface area (TPSA) is 38.0 Å². The number of rotatable bonds is 4. The molecule has 0 radical (unpaired) electrons. The molecule has 0 spiro atoms.